The number of rotatable bonds is 3. The quantitative estimate of drug-likeness (QED) is 0.649. The number of hydrogen-bond acceptors (Lipinski definition) is 2. The first-order valence-corrected chi connectivity index (χ1v) is 4.69. The van der Waals surface area contributed by atoms with E-state index in [9.17, 15) is 4.79 Å². The van der Waals surface area contributed by atoms with Crippen molar-refractivity contribution < 1.29 is 9.90 Å². The van der Waals surface area contributed by atoms with Crippen LogP contribution in [0.15, 0.2) is 0 Å². The molecule has 0 spiro atoms. The van der Waals surface area contributed by atoms with Crippen LogP contribution in [0.3, 0.4) is 0 Å². The molecule has 2 fully saturated rings. The number of hydrogen-bond donors (Lipinski definition) is 2. The van der Waals surface area contributed by atoms with Gasteiger partial charge in [0.05, 0.1) is 5.92 Å². The number of carbonyl (C=O) groups is 1. The molecule has 2 rings (SSSR count). The maximum atomic E-state index is 10.8. The fraction of sp³-hybridized carbons (Fsp3) is 0.889. The van der Waals surface area contributed by atoms with Gasteiger partial charge in [0.15, 0.2) is 0 Å². The fourth-order valence-electron chi connectivity index (χ4n) is 2.67. The van der Waals surface area contributed by atoms with E-state index in [2.05, 4.69) is 5.32 Å². The van der Waals surface area contributed by atoms with Crippen molar-refractivity contribution in [1.29, 1.82) is 0 Å². The summed E-state index contributed by atoms with van der Waals surface area (Å²) < 4.78 is 0. The molecule has 1 aliphatic carbocycles. The molecule has 1 aliphatic heterocycles. The normalized spacial score (nSPS) is 40.6. The molecule has 1 saturated carbocycles. The molecule has 1 heterocycles. The molecule has 4 atom stereocenters. The SMILES string of the molecule is CCC(C(=O)O)C1[C@H]2CNC[C@@H]12. The Morgan fingerprint density at radius 2 is 2.17 bits per heavy atom. The van der Waals surface area contributed by atoms with E-state index in [-0.39, 0.29) is 5.92 Å². The first-order valence-electron chi connectivity index (χ1n) is 4.69. The summed E-state index contributed by atoms with van der Waals surface area (Å²) in [5.74, 6) is 1.14. The Hall–Kier alpha value is -0.570. The lowest BCUT2D eigenvalue weighted by Gasteiger charge is -2.11. The van der Waals surface area contributed by atoms with E-state index in [0.29, 0.717) is 17.8 Å². The van der Waals surface area contributed by atoms with Gasteiger partial charge >= 0.3 is 5.97 Å². The van der Waals surface area contributed by atoms with E-state index >= 15 is 0 Å². The van der Waals surface area contributed by atoms with Crippen molar-refractivity contribution in [3.05, 3.63) is 0 Å². The van der Waals surface area contributed by atoms with Crippen LogP contribution in [0.4, 0.5) is 0 Å². The third-order valence-corrected chi connectivity index (χ3v) is 3.38. The van der Waals surface area contributed by atoms with Crippen molar-refractivity contribution >= 4 is 5.97 Å². The number of carboxylic acid groups (broad SMARTS) is 1. The van der Waals surface area contributed by atoms with Crippen molar-refractivity contribution in [3.8, 4) is 0 Å². The maximum Gasteiger partial charge on any atom is 0.306 e. The van der Waals surface area contributed by atoms with Gasteiger partial charge in [0, 0.05) is 0 Å². The lowest BCUT2D eigenvalue weighted by atomic mass is 9.97. The molecular weight excluding hydrogens is 154 g/mol. The zero-order chi connectivity index (χ0) is 8.72. The van der Waals surface area contributed by atoms with E-state index < -0.39 is 5.97 Å². The molecule has 0 bridgehead atoms. The first-order chi connectivity index (χ1) is 5.75. The molecule has 1 saturated heterocycles. The van der Waals surface area contributed by atoms with Gasteiger partial charge in [0.25, 0.3) is 0 Å². The summed E-state index contributed by atoms with van der Waals surface area (Å²) in [5.41, 5.74) is 0. The summed E-state index contributed by atoms with van der Waals surface area (Å²) in [5, 5.41) is 12.2. The van der Waals surface area contributed by atoms with E-state index in [1.54, 1.807) is 0 Å². The predicted octanol–water partition coefficient (Wildman–Crippen LogP) is 0.563. The molecule has 0 amide bonds. The largest absolute Gasteiger partial charge is 0.481 e. The standard InChI is InChI=1S/C9H15NO2/c1-2-5(9(11)12)8-6-3-10-4-7(6)8/h5-8,10H,2-4H2,1H3,(H,11,12)/t5?,6-,7+,8?. The van der Waals surface area contributed by atoms with Crippen LogP contribution in [-0.2, 0) is 4.79 Å². The Bertz CT molecular complexity index is 195. The molecule has 2 N–H and O–H groups in total. The molecule has 2 aliphatic rings. The number of fused-ring (bicyclic) bond motifs is 1. The van der Waals surface area contributed by atoms with Crippen molar-refractivity contribution in [3.63, 3.8) is 0 Å². The van der Waals surface area contributed by atoms with Gasteiger partial charge in [-0.25, -0.2) is 0 Å². The first kappa shape index (κ1) is 8.05. The summed E-state index contributed by atoms with van der Waals surface area (Å²) in [6.45, 7) is 4.05. The molecule has 3 nitrogen and oxygen atoms in total. The molecule has 0 radical (unpaired) electrons. The minimum Gasteiger partial charge on any atom is -0.481 e. The molecule has 2 unspecified atom stereocenters. The van der Waals surface area contributed by atoms with Gasteiger partial charge in [-0.05, 0) is 37.3 Å². The fourth-order valence-corrected chi connectivity index (χ4v) is 2.67. The van der Waals surface area contributed by atoms with Crippen LogP contribution in [-0.4, -0.2) is 24.2 Å². The van der Waals surface area contributed by atoms with Gasteiger partial charge in [-0.2, -0.15) is 0 Å². The smallest absolute Gasteiger partial charge is 0.306 e. The predicted molar refractivity (Wildman–Crippen MR) is 44.8 cm³/mol. The molecule has 0 aromatic heterocycles. The third kappa shape index (κ3) is 1.04. The molecular formula is C9H15NO2. The molecule has 0 aromatic rings. The van der Waals surface area contributed by atoms with Gasteiger partial charge in [-0.1, -0.05) is 6.92 Å². The second-order valence-corrected chi connectivity index (χ2v) is 3.92. The lowest BCUT2D eigenvalue weighted by Crippen LogP contribution is -2.23. The van der Waals surface area contributed by atoms with Crippen molar-refractivity contribution in [2.45, 2.75) is 13.3 Å². The summed E-state index contributed by atoms with van der Waals surface area (Å²) in [4.78, 5) is 10.8. The highest BCUT2D eigenvalue weighted by molar-refractivity contribution is 5.71. The minimum absolute atomic E-state index is 0.0814. The van der Waals surface area contributed by atoms with Gasteiger partial charge in [0.1, 0.15) is 0 Å². The van der Waals surface area contributed by atoms with Gasteiger partial charge < -0.3 is 10.4 Å². The Labute approximate surface area is 72.2 Å². The highest BCUT2D eigenvalue weighted by Gasteiger charge is 2.57. The zero-order valence-corrected chi connectivity index (χ0v) is 7.29. The van der Waals surface area contributed by atoms with E-state index in [4.69, 9.17) is 5.11 Å². The molecule has 3 heteroatoms. The van der Waals surface area contributed by atoms with Crippen LogP contribution in [0, 0.1) is 23.7 Å². The Balaban J connectivity index is 1.97. The Morgan fingerprint density at radius 1 is 1.58 bits per heavy atom. The van der Waals surface area contributed by atoms with E-state index in [1.807, 2.05) is 6.92 Å². The summed E-state index contributed by atoms with van der Waals surface area (Å²) in [7, 11) is 0. The van der Waals surface area contributed by atoms with Gasteiger partial charge in [0.2, 0.25) is 0 Å². The highest BCUT2D eigenvalue weighted by atomic mass is 16.4. The van der Waals surface area contributed by atoms with Crippen molar-refractivity contribution in [2.75, 3.05) is 13.1 Å². The average molecular weight is 169 g/mol. The van der Waals surface area contributed by atoms with Crippen LogP contribution < -0.4 is 5.32 Å². The van der Waals surface area contributed by atoms with Crippen LogP contribution in [0.25, 0.3) is 0 Å². The topological polar surface area (TPSA) is 49.3 Å². The molecule has 0 aromatic carbocycles. The third-order valence-electron chi connectivity index (χ3n) is 3.38. The second kappa shape index (κ2) is 2.73. The Kier molecular flexibility index (Phi) is 1.83. The van der Waals surface area contributed by atoms with Crippen molar-refractivity contribution in [1.82, 2.24) is 5.32 Å². The Morgan fingerprint density at radius 3 is 2.58 bits per heavy atom. The van der Waals surface area contributed by atoms with Crippen LogP contribution in [0.5, 0.6) is 0 Å². The van der Waals surface area contributed by atoms with E-state index in [0.717, 1.165) is 19.5 Å². The van der Waals surface area contributed by atoms with Crippen LogP contribution in [0.1, 0.15) is 13.3 Å². The summed E-state index contributed by atoms with van der Waals surface area (Å²) in [6.07, 6.45) is 0.785. The van der Waals surface area contributed by atoms with Crippen molar-refractivity contribution in [2.24, 2.45) is 23.7 Å². The zero-order valence-electron chi connectivity index (χ0n) is 7.29. The number of carboxylic acids is 1. The monoisotopic (exact) mass is 169 g/mol. The average Bonchev–Trinajstić information content (AvgIpc) is 2.53. The molecule has 68 valence electrons. The molecule has 12 heavy (non-hydrogen) atoms. The number of piperidine rings is 1. The number of nitrogens with one attached hydrogen (secondary N) is 1. The van der Waals surface area contributed by atoms with Gasteiger partial charge in [-0.3, -0.25) is 4.79 Å². The maximum absolute atomic E-state index is 10.8. The van der Waals surface area contributed by atoms with Crippen LogP contribution in [0.2, 0.25) is 0 Å². The summed E-state index contributed by atoms with van der Waals surface area (Å²) >= 11 is 0. The summed E-state index contributed by atoms with van der Waals surface area (Å²) in [6, 6.07) is 0. The van der Waals surface area contributed by atoms with Crippen LogP contribution >= 0.6 is 0 Å². The minimum atomic E-state index is -0.600. The highest BCUT2D eigenvalue weighted by Crippen LogP contribution is 2.53. The number of aliphatic carboxylic acids is 1. The second-order valence-electron chi connectivity index (χ2n) is 3.92. The van der Waals surface area contributed by atoms with E-state index in [1.165, 1.54) is 0 Å². The lowest BCUT2D eigenvalue weighted by molar-refractivity contribution is -0.142. The van der Waals surface area contributed by atoms with Gasteiger partial charge in [-0.15, -0.1) is 0 Å².